The standard InChI is InChI=1S/C10H10BrFO/c11-8-3-1-2-7(9(8)12)10(13)6-4-5-6/h1-3,6,10,13H,4-5H2/t10-/m1/s1. The highest BCUT2D eigenvalue weighted by Crippen LogP contribution is 2.42. The maximum Gasteiger partial charge on any atom is 0.143 e. The Morgan fingerprint density at radius 2 is 2.15 bits per heavy atom. The summed E-state index contributed by atoms with van der Waals surface area (Å²) in [7, 11) is 0. The third-order valence-corrected chi connectivity index (χ3v) is 2.98. The summed E-state index contributed by atoms with van der Waals surface area (Å²) in [4.78, 5) is 0. The van der Waals surface area contributed by atoms with Gasteiger partial charge >= 0.3 is 0 Å². The second-order valence-electron chi connectivity index (χ2n) is 3.43. The first-order valence-corrected chi connectivity index (χ1v) is 5.11. The first-order chi connectivity index (χ1) is 6.20. The molecule has 1 aliphatic carbocycles. The molecule has 13 heavy (non-hydrogen) atoms. The molecule has 0 unspecified atom stereocenters. The van der Waals surface area contributed by atoms with Crippen molar-refractivity contribution in [2.45, 2.75) is 18.9 Å². The van der Waals surface area contributed by atoms with E-state index < -0.39 is 6.10 Å². The second-order valence-corrected chi connectivity index (χ2v) is 4.28. The van der Waals surface area contributed by atoms with Gasteiger partial charge in [0.05, 0.1) is 10.6 Å². The maximum atomic E-state index is 13.4. The van der Waals surface area contributed by atoms with E-state index in [0.29, 0.717) is 10.0 Å². The summed E-state index contributed by atoms with van der Waals surface area (Å²) >= 11 is 3.10. The molecular weight excluding hydrogens is 235 g/mol. The summed E-state index contributed by atoms with van der Waals surface area (Å²) in [5, 5.41) is 9.70. The van der Waals surface area contributed by atoms with Crippen molar-refractivity contribution in [2.24, 2.45) is 5.92 Å². The molecule has 0 heterocycles. The van der Waals surface area contributed by atoms with E-state index in [9.17, 15) is 9.50 Å². The normalized spacial score (nSPS) is 18.7. The summed E-state index contributed by atoms with van der Waals surface area (Å²) < 4.78 is 13.9. The van der Waals surface area contributed by atoms with Crippen LogP contribution in [0.2, 0.25) is 0 Å². The van der Waals surface area contributed by atoms with Crippen LogP contribution in [0.3, 0.4) is 0 Å². The van der Waals surface area contributed by atoms with Gasteiger partial charge < -0.3 is 5.11 Å². The van der Waals surface area contributed by atoms with E-state index in [-0.39, 0.29) is 11.7 Å². The average molecular weight is 245 g/mol. The third kappa shape index (κ3) is 1.76. The first-order valence-electron chi connectivity index (χ1n) is 4.32. The molecule has 3 heteroatoms. The second kappa shape index (κ2) is 3.39. The van der Waals surface area contributed by atoms with E-state index in [1.165, 1.54) is 0 Å². The molecule has 1 aromatic rings. The highest BCUT2D eigenvalue weighted by atomic mass is 79.9. The van der Waals surface area contributed by atoms with Gasteiger partial charge in [0.1, 0.15) is 5.82 Å². The van der Waals surface area contributed by atoms with Gasteiger partial charge in [-0.1, -0.05) is 12.1 Å². The molecule has 0 aromatic heterocycles. The molecule has 0 spiro atoms. The lowest BCUT2D eigenvalue weighted by Gasteiger charge is -2.10. The molecule has 1 aliphatic rings. The minimum absolute atomic E-state index is 0.267. The van der Waals surface area contributed by atoms with Crippen molar-refractivity contribution in [3.05, 3.63) is 34.1 Å². The molecule has 70 valence electrons. The fourth-order valence-electron chi connectivity index (χ4n) is 1.41. The molecule has 1 saturated carbocycles. The third-order valence-electron chi connectivity index (χ3n) is 2.37. The van der Waals surface area contributed by atoms with Crippen molar-refractivity contribution < 1.29 is 9.50 Å². The van der Waals surface area contributed by atoms with Crippen LogP contribution < -0.4 is 0 Å². The topological polar surface area (TPSA) is 20.2 Å². The maximum absolute atomic E-state index is 13.4. The predicted octanol–water partition coefficient (Wildman–Crippen LogP) is 3.03. The lowest BCUT2D eigenvalue weighted by Crippen LogP contribution is -2.02. The molecule has 1 N–H and O–H groups in total. The Labute approximate surface area is 84.7 Å². The minimum Gasteiger partial charge on any atom is -0.388 e. The summed E-state index contributed by atoms with van der Waals surface area (Å²) in [5.74, 6) is -0.0642. The Morgan fingerprint density at radius 1 is 1.46 bits per heavy atom. The first kappa shape index (κ1) is 9.16. The Bertz CT molecular complexity index is 323. The highest BCUT2D eigenvalue weighted by Gasteiger charge is 2.32. The van der Waals surface area contributed by atoms with E-state index >= 15 is 0 Å². The predicted molar refractivity (Wildman–Crippen MR) is 51.8 cm³/mol. The molecule has 2 rings (SSSR count). The molecule has 0 bridgehead atoms. The van der Waals surface area contributed by atoms with E-state index in [2.05, 4.69) is 15.9 Å². The molecule has 0 amide bonds. The van der Waals surface area contributed by atoms with Gasteiger partial charge in [0.25, 0.3) is 0 Å². The minimum atomic E-state index is -0.627. The monoisotopic (exact) mass is 244 g/mol. The van der Waals surface area contributed by atoms with Gasteiger partial charge in [-0.3, -0.25) is 0 Å². The van der Waals surface area contributed by atoms with Crippen molar-refractivity contribution in [3.63, 3.8) is 0 Å². The smallest absolute Gasteiger partial charge is 0.143 e. The van der Waals surface area contributed by atoms with Gasteiger partial charge in [0, 0.05) is 5.56 Å². The van der Waals surface area contributed by atoms with Crippen LogP contribution >= 0.6 is 15.9 Å². The van der Waals surface area contributed by atoms with E-state index in [4.69, 9.17) is 0 Å². The van der Waals surface area contributed by atoms with Gasteiger partial charge in [-0.2, -0.15) is 0 Å². The fourth-order valence-corrected chi connectivity index (χ4v) is 1.80. The summed E-state index contributed by atoms with van der Waals surface area (Å²) in [6, 6.07) is 5.02. The SMILES string of the molecule is O[C@@H](c1cccc(Br)c1F)C1CC1. The van der Waals surface area contributed by atoms with Crippen molar-refractivity contribution in [1.29, 1.82) is 0 Å². The zero-order chi connectivity index (χ0) is 9.42. The highest BCUT2D eigenvalue weighted by molar-refractivity contribution is 9.10. The van der Waals surface area contributed by atoms with Crippen LogP contribution in [0.5, 0.6) is 0 Å². The molecule has 1 atom stereocenters. The van der Waals surface area contributed by atoms with Crippen LogP contribution in [-0.4, -0.2) is 5.11 Å². The summed E-state index contributed by atoms with van der Waals surface area (Å²) in [6.45, 7) is 0. The molecule has 1 nitrogen and oxygen atoms in total. The van der Waals surface area contributed by atoms with Crippen molar-refractivity contribution in [3.8, 4) is 0 Å². The zero-order valence-corrected chi connectivity index (χ0v) is 8.59. The lowest BCUT2D eigenvalue weighted by atomic mass is 10.1. The summed E-state index contributed by atoms with van der Waals surface area (Å²) in [6.07, 6.45) is 1.39. The van der Waals surface area contributed by atoms with Crippen molar-refractivity contribution >= 4 is 15.9 Å². The largest absolute Gasteiger partial charge is 0.388 e. The number of halogens is 2. The number of aliphatic hydroxyl groups excluding tert-OH is 1. The van der Waals surface area contributed by atoms with Crippen molar-refractivity contribution in [1.82, 2.24) is 0 Å². The number of aliphatic hydroxyl groups is 1. The van der Waals surface area contributed by atoms with E-state index in [1.807, 2.05) is 0 Å². The van der Waals surface area contributed by atoms with Gasteiger partial charge in [-0.05, 0) is 40.8 Å². The van der Waals surface area contributed by atoms with Crippen LogP contribution in [0.15, 0.2) is 22.7 Å². The average Bonchev–Trinajstić information content (AvgIpc) is 2.91. The van der Waals surface area contributed by atoms with Crippen LogP contribution in [0.1, 0.15) is 24.5 Å². The van der Waals surface area contributed by atoms with Crippen LogP contribution in [0.4, 0.5) is 4.39 Å². The number of hydrogen-bond acceptors (Lipinski definition) is 1. The Morgan fingerprint density at radius 3 is 2.77 bits per heavy atom. The number of hydrogen-bond donors (Lipinski definition) is 1. The van der Waals surface area contributed by atoms with Gasteiger partial charge in [-0.15, -0.1) is 0 Å². The van der Waals surface area contributed by atoms with E-state index in [0.717, 1.165) is 12.8 Å². The van der Waals surface area contributed by atoms with Crippen molar-refractivity contribution in [2.75, 3.05) is 0 Å². The number of benzene rings is 1. The zero-order valence-electron chi connectivity index (χ0n) is 7.00. The molecule has 1 aromatic carbocycles. The quantitative estimate of drug-likeness (QED) is 0.849. The molecule has 1 fully saturated rings. The Kier molecular flexibility index (Phi) is 2.39. The molecule has 0 saturated heterocycles. The van der Waals surface area contributed by atoms with Crippen LogP contribution in [-0.2, 0) is 0 Å². The van der Waals surface area contributed by atoms with Crippen LogP contribution in [0.25, 0.3) is 0 Å². The Balaban J connectivity index is 2.32. The number of rotatable bonds is 2. The summed E-state index contributed by atoms with van der Waals surface area (Å²) in [5.41, 5.74) is 0.414. The molecular formula is C10H10BrFO. The lowest BCUT2D eigenvalue weighted by molar-refractivity contribution is 0.149. The van der Waals surface area contributed by atoms with Gasteiger partial charge in [-0.25, -0.2) is 4.39 Å². The molecule has 0 radical (unpaired) electrons. The molecule has 0 aliphatic heterocycles. The Hall–Kier alpha value is -0.410. The van der Waals surface area contributed by atoms with Gasteiger partial charge in [0.2, 0.25) is 0 Å². The van der Waals surface area contributed by atoms with Gasteiger partial charge in [0.15, 0.2) is 0 Å². The van der Waals surface area contributed by atoms with E-state index in [1.54, 1.807) is 18.2 Å². The fraction of sp³-hybridized carbons (Fsp3) is 0.400. The van der Waals surface area contributed by atoms with Crippen LogP contribution in [0, 0.1) is 11.7 Å².